The fourth-order valence-corrected chi connectivity index (χ4v) is 5.87. The van der Waals surface area contributed by atoms with Crippen LogP contribution >= 0.6 is 0 Å². The average molecular weight is 522 g/mol. The van der Waals surface area contributed by atoms with Crippen LogP contribution in [0.1, 0.15) is 68.7 Å². The van der Waals surface area contributed by atoms with Crippen molar-refractivity contribution < 1.29 is 23.5 Å². The lowest BCUT2D eigenvalue weighted by atomic mass is 9.91. The Kier molecular flexibility index (Phi) is 7.27. The predicted octanol–water partition coefficient (Wildman–Crippen LogP) is 3.73. The van der Waals surface area contributed by atoms with E-state index in [2.05, 4.69) is 31.3 Å². The van der Waals surface area contributed by atoms with E-state index in [1.54, 1.807) is 4.90 Å². The Balaban J connectivity index is 1.31. The molecule has 4 atom stereocenters. The van der Waals surface area contributed by atoms with Crippen molar-refractivity contribution in [2.45, 2.75) is 75.9 Å². The van der Waals surface area contributed by atoms with E-state index in [-0.39, 0.29) is 30.7 Å². The third-order valence-electron chi connectivity index (χ3n) is 8.12. The van der Waals surface area contributed by atoms with Crippen molar-refractivity contribution in [3.8, 4) is 0 Å². The number of carbonyl (C=O) groups is 3. The SMILES string of the molecule is CC(=O)N1CC2(CCC(C(=O)N3CC(F)CC3C(=O)NC(c3ccccc3)c3ccc(C(C)C)cc3)O2)C1. The fourth-order valence-electron chi connectivity index (χ4n) is 5.87. The molecule has 0 aliphatic carbocycles. The minimum absolute atomic E-state index is 0.0163. The maximum absolute atomic E-state index is 14.6. The summed E-state index contributed by atoms with van der Waals surface area (Å²) >= 11 is 0. The first-order valence-corrected chi connectivity index (χ1v) is 13.5. The van der Waals surface area contributed by atoms with E-state index in [0.717, 1.165) is 11.1 Å². The lowest BCUT2D eigenvalue weighted by Crippen LogP contribution is -2.63. The molecule has 38 heavy (non-hydrogen) atoms. The quantitative estimate of drug-likeness (QED) is 0.628. The van der Waals surface area contributed by atoms with Gasteiger partial charge in [0.1, 0.15) is 23.9 Å². The van der Waals surface area contributed by atoms with E-state index in [0.29, 0.717) is 31.8 Å². The number of hydrogen-bond acceptors (Lipinski definition) is 4. The van der Waals surface area contributed by atoms with Gasteiger partial charge in [0.05, 0.1) is 25.7 Å². The van der Waals surface area contributed by atoms with E-state index in [1.165, 1.54) is 17.4 Å². The van der Waals surface area contributed by atoms with E-state index < -0.39 is 30.0 Å². The van der Waals surface area contributed by atoms with Gasteiger partial charge in [0.15, 0.2) is 0 Å². The maximum Gasteiger partial charge on any atom is 0.252 e. The number of alkyl halides is 1. The zero-order valence-electron chi connectivity index (χ0n) is 22.2. The number of halogens is 1. The molecule has 202 valence electrons. The zero-order valence-corrected chi connectivity index (χ0v) is 22.2. The number of likely N-dealkylation sites (tertiary alicyclic amines) is 2. The summed E-state index contributed by atoms with van der Waals surface area (Å²) in [6, 6.07) is 16.5. The lowest BCUT2D eigenvalue weighted by molar-refractivity contribution is -0.173. The molecule has 3 amide bonds. The molecule has 2 aromatic rings. The Hall–Kier alpha value is -3.26. The number of hydrogen-bond donors (Lipinski definition) is 1. The summed E-state index contributed by atoms with van der Waals surface area (Å²) in [4.78, 5) is 41.7. The van der Waals surface area contributed by atoms with Crippen LogP contribution in [-0.4, -0.2) is 71.1 Å². The number of rotatable bonds is 6. The number of carbonyl (C=O) groups excluding carboxylic acids is 3. The molecule has 3 saturated heterocycles. The minimum Gasteiger partial charge on any atom is -0.358 e. The van der Waals surface area contributed by atoms with Crippen molar-refractivity contribution in [2.75, 3.05) is 19.6 Å². The Morgan fingerprint density at radius 3 is 2.26 bits per heavy atom. The zero-order chi connectivity index (χ0) is 27.0. The van der Waals surface area contributed by atoms with Gasteiger partial charge in [-0.15, -0.1) is 0 Å². The summed E-state index contributed by atoms with van der Waals surface area (Å²) in [5.41, 5.74) is 2.53. The van der Waals surface area contributed by atoms with Crippen LogP contribution in [0.3, 0.4) is 0 Å². The average Bonchev–Trinajstić information content (AvgIpc) is 3.51. The Morgan fingerprint density at radius 2 is 1.63 bits per heavy atom. The van der Waals surface area contributed by atoms with E-state index >= 15 is 0 Å². The molecule has 0 aromatic heterocycles. The van der Waals surface area contributed by atoms with Crippen LogP contribution in [0.25, 0.3) is 0 Å². The van der Waals surface area contributed by atoms with Crippen LogP contribution in [0.5, 0.6) is 0 Å². The highest BCUT2D eigenvalue weighted by Gasteiger charge is 2.53. The van der Waals surface area contributed by atoms with Gasteiger partial charge in [0.25, 0.3) is 5.91 Å². The van der Waals surface area contributed by atoms with E-state index in [4.69, 9.17) is 4.74 Å². The molecular formula is C30H36FN3O4. The Bertz CT molecular complexity index is 1180. The molecular weight excluding hydrogens is 485 g/mol. The largest absolute Gasteiger partial charge is 0.358 e. The first-order valence-electron chi connectivity index (χ1n) is 13.5. The number of nitrogens with zero attached hydrogens (tertiary/aromatic N) is 2. The molecule has 0 radical (unpaired) electrons. The molecule has 3 heterocycles. The van der Waals surface area contributed by atoms with Crippen LogP contribution in [-0.2, 0) is 19.1 Å². The molecule has 0 bridgehead atoms. The lowest BCUT2D eigenvalue weighted by Gasteiger charge is -2.47. The first-order chi connectivity index (χ1) is 18.2. The minimum atomic E-state index is -1.28. The van der Waals surface area contributed by atoms with Gasteiger partial charge in [0.2, 0.25) is 11.8 Å². The predicted molar refractivity (Wildman–Crippen MR) is 141 cm³/mol. The second kappa shape index (κ2) is 10.5. The molecule has 3 fully saturated rings. The highest BCUT2D eigenvalue weighted by molar-refractivity contribution is 5.90. The van der Waals surface area contributed by atoms with Gasteiger partial charge in [0, 0.05) is 13.3 Å². The number of ether oxygens (including phenoxy) is 1. The summed E-state index contributed by atoms with van der Waals surface area (Å²) in [5.74, 6) is -0.353. The fraction of sp³-hybridized carbons (Fsp3) is 0.500. The normalized spacial score (nSPS) is 24.9. The maximum atomic E-state index is 14.6. The summed E-state index contributed by atoms with van der Waals surface area (Å²) in [7, 11) is 0. The highest BCUT2D eigenvalue weighted by atomic mass is 19.1. The van der Waals surface area contributed by atoms with Crippen LogP contribution in [0.15, 0.2) is 54.6 Å². The summed E-state index contributed by atoms with van der Waals surface area (Å²) in [5, 5.41) is 3.11. The Morgan fingerprint density at radius 1 is 1.00 bits per heavy atom. The third kappa shape index (κ3) is 5.19. The van der Waals surface area contributed by atoms with Crippen LogP contribution in [0.2, 0.25) is 0 Å². The molecule has 0 saturated carbocycles. The molecule has 4 unspecified atom stereocenters. The van der Waals surface area contributed by atoms with Crippen molar-refractivity contribution >= 4 is 17.7 Å². The topological polar surface area (TPSA) is 79.0 Å². The van der Waals surface area contributed by atoms with Gasteiger partial charge in [-0.1, -0.05) is 68.4 Å². The standard InChI is InChI=1S/C30H36FN3O4/c1-19(2)21-9-11-23(12-10-21)27(22-7-5-4-6-8-22)32-28(36)25-15-24(31)16-34(25)29(37)26-13-14-30(38-26)17-33(18-30)20(3)35/h4-12,19,24-27H,13-18H2,1-3H3,(H,32,36). The summed E-state index contributed by atoms with van der Waals surface area (Å²) in [6.45, 7) is 6.59. The van der Waals surface area contributed by atoms with E-state index in [9.17, 15) is 18.8 Å². The van der Waals surface area contributed by atoms with Gasteiger partial charge in [-0.25, -0.2) is 4.39 Å². The number of benzene rings is 2. The molecule has 1 spiro atoms. The van der Waals surface area contributed by atoms with Crippen molar-refractivity contribution in [2.24, 2.45) is 0 Å². The highest BCUT2D eigenvalue weighted by Crippen LogP contribution is 2.39. The molecule has 3 aliphatic rings. The molecule has 2 aromatic carbocycles. The second-order valence-corrected chi connectivity index (χ2v) is 11.2. The Labute approximate surface area is 223 Å². The summed E-state index contributed by atoms with van der Waals surface area (Å²) in [6.07, 6.45) is -0.872. The van der Waals surface area contributed by atoms with Crippen LogP contribution < -0.4 is 5.32 Å². The van der Waals surface area contributed by atoms with E-state index in [1.807, 2.05) is 42.5 Å². The number of nitrogens with one attached hydrogen (secondary N) is 1. The van der Waals surface area contributed by atoms with Crippen LogP contribution in [0, 0.1) is 0 Å². The van der Waals surface area contributed by atoms with Crippen molar-refractivity contribution in [3.05, 3.63) is 71.3 Å². The van der Waals surface area contributed by atoms with Gasteiger partial charge in [-0.2, -0.15) is 0 Å². The van der Waals surface area contributed by atoms with Gasteiger partial charge in [-0.05, 0) is 35.4 Å². The molecule has 3 aliphatic heterocycles. The second-order valence-electron chi connectivity index (χ2n) is 11.2. The van der Waals surface area contributed by atoms with Gasteiger partial charge >= 0.3 is 0 Å². The van der Waals surface area contributed by atoms with Crippen molar-refractivity contribution in [3.63, 3.8) is 0 Å². The van der Waals surface area contributed by atoms with Crippen LogP contribution in [0.4, 0.5) is 4.39 Å². The van der Waals surface area contributed by atoms with Gasteiger partial charge in [-0.3, -0.25) is 14.4 Å². The molecule has 8 heteroatoms. The van der Waals surface area contributed by atoms with Crippen molar-refractivity contribution in [1.82, 2.24) is 15.1 Å². The van der Waals surface area contributed by atoms with Gasteiger partial charge < -0.3 is 19.9 Å². The van der Waals surface area contributed by atoms with Crippen molar-refractivity contribution in [1.29, 1.82) is 0 Å². The summed E-state index contributed by atoms with van der Waals surface area (Å²) < 4.78 is 20.8. The molecule has 5 rings (SSSR count). The third-order valence-corrected chi connectivity index (χ3v) is 8.12. The molecule has 7 nitrogen and oxygen atoms in total. The smallest absolute Gasteiger partial charge is 0.252 e. The monoisotopic (exact) mass is 521 g/mol. The first kappa shape index (κ1) is 26.4. The number of amides is 3. The molecule has 1 N–H and O–H groups in total.